The molecule has 0 saturated heterocycles. The van der Waals surface area contributed by atoms with Crippen molar-refractivity contribution in [3.63, 3.8) is 0 Å². The van der Waals surface area contributed by atoms with E-state index >= 15 is 0 Å². The molecule has 2 aliphatic carbocycles. The third-order valence-electron chi connectivity index (χ3n) is 3.47. The zero-order valence-corrected chi connectivity index (χ0v) is 15.0. The average molecular weight is 344 g/mol. The molecule has 0 bridgehead atoms. The Kier molecular flexibility index (Phi) is 6.67. The molecule has 2 atom stereocenters. The van der Waals surface area contributed by atoms with Crippen molar-refractivity contribution in [1.29, 1.82) is 0 Å². The van der Waals surface area contributed by atoms with Crippen LogP contribution in [0.15, 0.2) is 23.8 Å². The van der Waals surface area contributed by atoms with Crippen LogP contribution in [0, 0.1) is 5.92 Å². The van der Waals surface area contributed by atoms with Crippen molar-refractivity contribution in [1.82, 2.24) is 0 Å². The fraction of sp³-hybridized carbons (Fsp3) is 0.636. The van der Waals surface area contributed by atoms with E-state index in [1.807, 2.05) is 5.57 Å². The Hall–Kier alpha value is 1.16. The first-order valence-corrected chi connectivity index (χ1v) is 17.6. The summed E-state index contributed by atoms with van der Waals surface area (Å²) in [6.07, 6.45) is 11.4. The molecule has 0 aromatic heterocycles. The number of hydrogen-bond donors (Lipinski definition) is 0. The molecular weight excluding hydrogens is 322 g/mol. The summed E-state index contributed by atoms with van der Waals surface area (Å²) in [5.41, 5.74) is 1.83. The molecule has 0 N–H and O–H groups in total. The van der Waals surface area contributed by atoms with Gasteiger partial charge in [-0.3, -0.25) is 0 Å². The second kappa shape index (κ2) is 6.19. The fourth-order valence-electron chi connectivity index (χ4n) is 2.76. The van der Waals surface area contributed by atoms with Crippen molar-refractivity contribution in [2.45, 2.75) is 32.2 Å². The quantitative estimate of drug-likeness (QED) is 0.637. The predicted molar refractivity (Wildman–Crippen MR) is 73.1 cm³/mol. The molecule has 1 fully saturated rings. The number of allylic oxidation sites excluding steroid dienone is 4. The van der Waals surface area contributed by atoms with Crippen molar-refractivity contribution in [3.05, 3.63) is 23.8 Å². The Morgan fingerprint density at radius 1 is 1.27 bits per heavy atom. The topological polar surface area (TPSA) is 0 Å². The van der Waals surface area contributed by atoms with Gasteiger partial charge in [-0.25, -0.2) is 0 Å². The Morgan fingerprint density at radius 3 is 2.53 bits per heavy atom. The van der Waals surface area contributed by atoms with Gasteiger partial charge in [0, 0.05) is 0 Å². The van der Waals surface area contributed by atoms with Gasteiger partial charge in [0.15, 0.2) is 0 Å². The van der Waals surface area contributed by atoms with Crippen LogP contribution >= 0.6 is 24.8 Å². The summed E-state index contributed by atoms with van der Waals surface area (Å²) in [6.45, 7) is 2.37. The van der Waals surface area contributed by atoms with E-state index in [0.717, 1.165) is 9.54 Å². The molecule has 0 aromatic carbocycles. The van der Waals surface area contributed by atoms with E-state index in [4.69, 9.17) is 0 Å². The maximum atomic E-state index is 2.60. The normalized spacial score (nSPS) is 28.5. The summed E-state index contributed by atoms with van der Waals surface area (Å²) in [7, 11) is 0. The van der Waals surface area contributed by atoms with E-state index in [9.17, 15) is 0 Å². The summed E-state index contributed by atoms with van der Waals surface area (Å²) in [6, 6.07) is 0. The minimum atomic E-state index is -1.62. The molecule has 0 nitrogen and oxygen atoms in total. The maximum absolute atomic E-state index is 2.60. The Labute approximate surface area is 112 Å². The van der Waals surface area contributed by atoms with Gasteiger partial charge < -0.3 is 0 Å². The van der Waals surface area contributed by atoms with Crippen molar-refractivity contribution >= 4 is 31.7 Å². The fourth-order valence-corrected chi connectivity index (χ4v) is 10.7. The minimum absolute atomic E-state index is 0. The molecule has 0 radical (unpaired) electrons. The van der Waals surface area contributed by atoms with Gasteiger partial charge in [-0.05, 0) is 0 Å². The van der Waals surface area contributed by atoms with E-state index in [1.165, 1.54) is 19.3 Å². The van der Waals surface area contributed by atoms with Gasteiger partial charge in [0.1, 0.15) is 0 Å². The van der Waals surface area contributed by atoms with Crippen molar-refractivity contribution in [2.75, 3.05) is 0 Å². The standard InChI is InChI=1S/C9H11.2CH3.2ClH.H2Si.Zr/c1-2-5-9-7-3-6-8(9)4-1;;;;;;/h1-2,4,6,9H,3,5,7H2;2*1H3;2*1H;1H2;. The van der Waals surface area contributed by atoms with E-state index < -0.39 is 18.9 Å². The first kappa shape index (κ1) is 16.2. The second-order valence-electron chi connectivity index (χ2n) is 5.15. The van der Waals surface area contributed by atoms with Crippen LogP contribution < -0.4 is 0 Å². The van der Waals surface area contributed by atoms with Gasteiger partial charge in [-0.2, -0.15) is 0 Å². The number of halogens is 2. The van der Waals surface area contributed by atoms with Crippen molar-refractivity contribution < 1.29 is 18.9 Å². The number of rotatable bonds is 1. The van der Waals surface area contributed by atoms with E-state index in [-0.39, 0.29) is 24.8 Å². The van der Waals surface area contributed by atoms with E-state index in [2.05, 4.69) is 34.4 Å². The third kappa shape index (κ3) is 3.56. The molecule has 1 saturated carbocycles. The van der Waals surface area contributed by atoms with Gasteiger partial charge >= 0.3 is 87.6 Å². The number of fused-ring (bicyclic) bond motifs is 1. The monoisotopic (exact) mass is 341 g/mol. The van der Waals surface area contributed by atoms with Gasteiger partial charge in [0.2, 0.25) is 0 Å². The van der Waals surface area contributed by atoms with Gasteiger partial charge in [-0.1, -0.05) is 0 Å². The molecule has 15 heavy (non-hydrogen) atoms. The second-order valence-corrected chi connectivity index (χ2v) is 27.4. The molecule has 87 valence electrons. The Bertz CT molecular complexity index is 317. The van der Waals surface area contributed by atoms with Crippen LogP contribution in [-0.4, -0.2) is 6.88 Å². The van der Waals surface area contributed by atoms with E-state index in [1.54, 1.807) is 0 Å². The predicted octanol–water partition coefficient (Wildman–Crippen LogP) is 3.71. The van der Waals surface area contributed by atoms with Gasteiger partial charge in [0.25, 0.3) is 0 Å². The first-order valence-electron chi connectivity index (χ1n) is 5.31. The zero-order chi connectivity index (χ0) is 9.47. The third-order valence-corrected chi connectivity index (χ3v) is 12.5. The average Bonchev–Trinajstić information content (AvgIpc) is 2.45. The molecule has 0 spiro atoms. The van der Waals surface area contributed by atoms with Crippen LogP contribution in [0.4, 0.5) is 0 Å². The molecule has 0 heterocycles. The molecule has 2 unspecified atom stereocenters. The molecule has 0 aliphatic heterocycles. The molecule has 2 rings (SSSR count). The Balaban J connectivity index is 0.000000980. The van der Waals surface area contributed by atoms with Crippen LogP contribution in [0.1, 0.15) is 19.3 Å². The van der Waals surface area contributed by atoms with Crippen LogP contribution in [-0.2, 0) is 18.9 Å². The van der Waals surface area contributed by atoms with Crippen LogP contribution in [0.2, 0.25) is 12.9 Å². The Morgan fingerprint density at radius 2 is 1.93 bits per heavy atom. The first-order chi connectivity index (χ1) is 6.09. The number of hydrogen-bond acceptors (Lipinski definition) is 0. The SMILES string of the molecule is Cl.Cl.[CH3][Zr]([CH3])(=[SiH2])[CH]1CCC2CC=CC=C21. The summed E-state index contributed by atoms with van der Waals surface area (Å²) in [5, 5.41) is 0. The summed E-state index contributed by atoms with van der Waals surface area (Å²) >= 11 is -1.62. The van der Waals surface area contributed by atoms with Crippen LogP contribution in [0.25, 0.3) is 0 Å². The molecule has 0 amide bonds. The molecular formula is C11H21Cl2SiZr. The summed E-state index contributed by atoms with van der Waals surface area (Å²) < 4.78 is 6.25. The molecule has 2 aliphatic rings. The van der Waals surface area contributed by atoms with Crippen molar-refractivity contribution in [2.24, 2.45) is 5.92 Å². The van der Waals surface area contributed by atoms with Gasteiger partial charge in [0.05, 0.1) is 0 Å². The molecule has 0 aromatic rings. The summed E-state index contributed by atoms with van der Waals surface area (Å²) in [5.74, 6) is 0.940. The van der Waals surface area contributed by atoms with E-state index in [0.29, 0.717) is 0 Å². The van der Waals surface area contributed by atoms with Crippen LogP contribution in [0.5, 0.6) is 0 Å². The summed E-state index contributed by atoms with van der Waals surface area (Å²) in [4.78, 5) is 0. The zero-order valence-electron chi connectivity index (χ0n) is 9.53. The molecule has 4 heteroatoms. The van der Waals surface area contributed by atoms with Gasteiger partial charge in [-0.15, -0.1) is 24.8 Å². The van der Waals surface area contributed by atoms with Crippen molar-refractivity contribution in [3.8, 4) is 0 Å². The van der Waals surface area contributed by atoms with Crippen LogP contribution in [0.3, 0.4) is 0 Å².